The Hall–Kier alpha value is -1.89. The van der Waals surface area contributed by atoms with Gasteiger partial charge in [0.05, 0.1) is 22.3 Å². The lowest BCUT2D eigenvalue weighted by Crippen LogP contribution is -2.10. The third kappa shape index (κ3) is 2.53. The van der Waals surface area contributed by atoms with E-state index in [9.17, 15) is 17.6 Å². The van der Waals surface area contributed by atoms with Crippen LogP contribution in [0.4, 0.5) is 17.6 Å². The summed E-state index contributed by atoms with van der Waals surface area (Å²) in [5, 5.41) is 0. The predicted octanol–water partition coefficient (Wildman–Crippen LogP) is 4.95. The van der Waals surface area contributed by atoms with Crippen molar-refractivity contribution >= 4 is 27.0 Å². The Morgan fingerprint density at radius 2 is 1.81 bits per heavy atom. The van der Waals surface area contributed by atoms with Crippen molar-refractivity contribution in [3.05, 3.63) is 58.6 Å². The van der Waals surface area contributed by atoms with E-state index in [1.807, 2.05) is 0 Å². The van der Waals surface area contributed by atoms with Gasteiger partial charge in [0.15, 0.2) is 0 Å². The summed E-state index contributed by atoms with van der Waals surface area (Å²) in [6, 6.07) is 7.44. The number of benzene rings is 2. The third-order valence-electron chi connectivity index (χ3n) is 3.03. The van der Waals surface area contributed by atoms with Crippen LogP contribution in [0.15, 0.2) is 47.2 Å². The zero-order valence-electron chi connectivity index (χ0n) is 10.3. The molecule has 0 aliphatic carbocycles. The largest absolute Gasteiger partial charge is 0.418 e. The normalized spacial score (nSPS) is 12.0. The molecule has 0 bridgehead atoms. The second kappa shape index (κ2) is 4.84. The number of hydrogen-bond acceptors (Lipinski definition) is 1. The second-order valence-corrected chi connectivity index (χ2v) is 5.32. The molecule has 21 heavy (non-hydrogen) atoms. The summed E-state index contributed by atoms with van der Waals surface area (Å²) < 4.78 is 54.3. The van der Waals surface area contributed by atoms with Crippen LogP contribution < -0.4 is 0 Å². The van der Waals surface area contributed by atoms with Gasteiger partial charge < -0.3 is 0 Å². The van der Waals surface area contributed by atoms with E-state index in [2.05, 4.69) is 20.9 Å². The van der Waals surface area contributed by atoms with E-state index in [0.717, 1.165) is 6.07 Å². The number of imidazole rings is 1. The molecule has 7 heteroatoms. The van der Waals surface area contributed by atoms with Gasteiger partial charge in [0.25, 0.3) is 0 Å². The van der Waals surface area contributed by atoms with E-state index in [-0.39, 0.29) is 5.69 Å². The Morgan fingerprint density at radius 3 is 2.52 bits per heavy atom. The minimum atomic E-state index is -4.49. The second-order valence-electron chi connectivity index (χ2n) is 4.41. The summed E-state index contributed by atoms with van der Waals surface area (Å²) in [5.74, 6) is -0.488. The van der Waals surface area contributed by atoms with Gasteiger partial charge >= 0.3 is 6.18 Å². The predicted molar refractivity (Wildman–Crippen MR) is 73.7 cm³/mol. The van der Waals surface area contributed by atoms with Crippen molar-refractivity contribution < 1.29 is 17.6 Å². The Kier molecular flexibility index (Phi) is 3.24. The van der Waals surface area contributed by atoms with Crippen LogP contribution in [0.25, 0.3) is 16.7 Å². The lowest BCUT2D eigenvalue weighted by molar-refractivity contribution is -0.137. The summed E-state index contributed by atoms with van der Waals surface area (Å²) in [5.41, 5.74) is -0.150. The van der Waals surface area contributed by atoms with Crippen molar-refractivity contribution in [1.29, 1.82) is 0 Å². The van der Waals surface area contributed by atoms with Crippen molar-refractivity contribution in [3.63, 3.8) is 0 Å². The Bertz CT molecular complexity index is 823. The molecule has 0 aliphatic rings. The Morgan fingerprint density at radius 1 is 1.05 bits per heavy atom. The topological polar surface area (TPSA) is 17.8 Å². The van der Waals surface area contributed by atoms with Crippen LogP contribution in [0.5, 0.6) is 0 Å². The van der Waals surface area contributed by atoms with Crippen molar-refractivity contribution in [2.24, 2.45) is 0 Å². The number of rotatable bonds is 1. The number of halogens is 5. The van der Waals surface area contributed by atoms with Gasteiger partial charge in [-0.25, -0.2) is 9.37 Å². The molecule has 1 aromatic heterocycles. The summed E-state index contributed by atoms with van der Waals surface area (Å²) in [7, 11) is 0. The van der Waals surface area contributed by atoms with Crippen molar-refractivity contribution in [2.45, 2.75) is 6.18 Å². The zero-order chi connectivity index (χ0) is 15.2. The molecular formula is C14H7BrF4N2. The summed E-state index contributed by atoms with van der Waals surface area (Å²) >= 11 is 3.16. The van der Waals surface area contributed by atoms with Crippen LogP contribution in [0, 0.1) is 5.82 Å². The molecule has 0 radical (unpaired) electrons. The number of fused-ring (bicyclic) bond motifs is 1. The Labute approximate surface area is 125 Å². The lowest BCUT2D eigenvalue weighted by atomic mass is 10.1. The highest BCUT2D eigenvalue weighted by Gasteiger charge is 2.34. The summed E-state index contributed by atoms with van der Waals surface area (Å²) in [4.78, 5) is 3.95. The third-order valence-corrected chi connectivity index (χ3v) is 3.53. The molecule has 0 saturated carbocycles. The highest BCUT2D eigenvalue weighted by molar-refractivity contribution is 9.10. The van der Waals surface area contributed by atoms with E-state index in [4.69, 9.17) is 0 Å². The van der Waals surface area contributed by atoms with Crippen LogP contribution in [-0.4, -0.2) is 9.55 Å². The average molecular weight is 359 g/mol. The molecule has 3 aromatic rings. The molecule has 2 nitrogen and oxygen atoms in total. The first-order valence-electron chi connectivity index (χ1n) is 5.86. The van der Waals surface area contributed by atoms with Crippen LogP contribution >= 0.6 is 15.9 Å². The molecule has 0 unspecified atom stereocenters. The zero-order valence-corrected chi connectivity index (χ0v) is 11.9. The van der Waals surface area contributed by atoms with Gasteiger partial charge in [-0.2, -0.15) is 13.2 Å². The minimum absolute atomic E-state index is 0.0639. The fourth-order valence-electron chi connectivity index (χ4n) is 2.12. The number of nitrogens with zero attached hydrogens (tertiary/aromatic N) is 2. The highest BCUT2D eigenvalue weighted by atomic mass is 79.9. The maximum atomic E-state index is 13.1. The molecule has 1 heterocycles. The molecule has 0 N–H and O–H groups in total. The van der Waals surface area contributed by atoms with Crippen molar-refractivity contribution in [1.82, 2.24) is 9.55 Å². The van der Waals surface area contributed by atoms with Crippen LogP contribution in [0.2, 0.25) is 0 Å². The number of hydrogen-bond donors (Lipinski definition) is 0. The van der Waals surface area contributed by atoms with Gasteiger partial charge in [0.2, 0.25) is 0 Å². The quantitative estimate of drug-likeness (QED) is 0.563. The monoisotopic (exact) mass is 358 g/mol. The van der Waals surface area contributed by atoms with Gasteiger partial charge in [-0.05, 0) is 30.3 Å². The van der Waals surface area contributed by atoms with E-state index >= 15 is 0 Å². The molecule has 2 aromatic carbocycles. The molecule has 0 aliphatic heterocycles. The van der Waals surface area contributed by atoms with Crippen molar-refractivity contribution in [2.75, 3.05) is 0 Å². The molecule has 0 saturated heterocycles. The molecule has 0 atom stereocenters. The van der Waals surface area contributed by atoms with Crippen LogP contribution in [0.1, 0.15) is 5.56 Å². The Balaban J connectivity index is 2.30. The average Bonchev–Trinajstić information content (AvgIpc) is 2.79. The minimum Gasteiger partial charge on any atom is -0.298 e. The lowest BCUT2D eigenvalue weighted by Gasteiger charge is -2.14. The van der Waals surface area contributed by atoms with Gasteiger partial charge in [0, 0.05) is 10.5 Å². The molecule has 0 spiro atoms. The maximum Gasteiger partial charge on any atom is 0.418 e. The first-order chi connectivity index (χ1) is 9.86. The summed E-state index contributed by atoms with van der Waals surface area (Å²) in [6.07, 6.45) is -3.24. The molecule has 0 fully saturated rings. The first kappa shape index (κ1) is 14.1. The molecule has 3 rings (SSSR count). The van der Waals surface area contributed by atoms with Gasteiger partial charge in [-0.15, -0.1) is 0 Å². The number of aromatic nitrogens is 2. The van der Waals surface area contributed by atoms with Gasteiger partial charge in [-0.3, -0.25) is 4.57 Å². The number of alkyl halides is 3. The van der Waals surface area contributed by atoms with Gasteiger partial charge in [0.1, 0.15) is 12.1 Å². The van der Waals surface area contributed by atoms with E-state index in [1.165, 1.54) is 41.2 Å². The van der Waals surface area contributed by atoms with Crippen molar-refractivity contribution in [3.8, 4) is 5.69 Å². The van der Waals surface area contributed by atoms with Gasteiger partial charge in [-0.1, -0.05) is 15.9 Å². The smallest absolute Gasteiger partial charge is 0.298 e. The van der Waals surface area contributed by atoms with E-state index in [0.29, 0.717) is 15.5 Å². The molecule has 108 valence electrons. The maximum absolute atomic E-state index is 13.1. The standard InChI is InChI=1S/C14H7BrF4N2/c15-8-1-3-10(14(17,18)19)13(5-8)21-7-20-11-6-9(16)2-4-12(11)21/h1-7H. The fourth-order valence-corrected chi connectivity index (χ4v) is 2.47. The first-order valence-corrected chi connectivity index (χ1v) is 6.65. The molecule has 0 amide bonds. The highest BCUT2D eigenvalue weighted by Crippen LogP contribution is 2.36. The fraction of sp³-hybridized carbons (Fsp3) is 0.0714. The SMILES string of the molecule is Fc1ccc2c(c1)ncn2-c1cc(Br)ccc1C(F)(F)F. The van der Waals surface area contributed by atoms with Crippen LogP contribution in [0.3, 0.4) is 0 Å². The molecular weight excluding hydrogens is 352 g/mol. The van der Waals surface area contributed by atoms with E-state index in [1.54, 1.807) is 0 Å². The van der Waals surface area contributed by atoms with Crippen LogP contribution in [-0.2, 0) is 6.18 Å². The summed E-state index contributed by atoms with van der Waals surface area (Å²) in [6.45, 7) is 0. The van der Waals surface area contributed by atoms with E-state index < -0.39 is 17.6 Å².